The fourth-order valence-corrected chi connectivity index (χ4v) is 2.66. The summed E-state index contributed by atoms with van der Waals surface area (Å²) in [6.07, 6.45) is 6.14. The minimum atomic E-state index is -0.648. The van der Waals surface area contributed by atoms with E-state index in [1.54, 1.807) is 6.20 Å². The second-order valence-electron chi connectivity index (χ2n) is 4.60. The fourth-order valence-electron chi connectivity index (χ4n) is 2.66. The number of rotatable bonds is 2. The smallest absolute Gasteiger partial charge is 0.109 e. The molecule has 2 atom stereocenters. The number of hydrogen-bond acceptors (Lipinski definition) is 2. The van der Waals surface area contributed by atoms with Crippen molar-refractivity contribution in [1.82, 2.24) is 9.78 Å². The van der Waals surface area contributed by atoms with Crippen LogP contribution in [0, 0.1) is 5.92 Å². The van der Waals surface area contributed by atoms with Gasteiger partial charge in [-0.25, -0.2) is 0 Å². The molecule has 1 saturated carbocycles. The third kappa shape index (κ3) is 1.69. The lowest BCUT2D eigenvalue weighted by molar-refractivity contribution is -0.0539. The van der Waals surface area contributed by atoms with Crippen LogP contribution in [0.4, 0.5) is 0 Å². The van der Waals surface area contributed by atoms with Gasteiger partial charge in [-0.3, -0.25) is 4.68 Å². The Hall–Kier alpha value is -0.830. The predicted octanol–water partition coefficient (Wildman–Crippen LogP) is 2.30. The Bertz CT molecular complexity index is 334. The van der Waals surface area contributed by atoms with Crippen molar-refractivity contribution in [3.05, 3.63) is 18.0 Å². The highest BCUT2D eigenvalue weighted by molar-refractivity contribution is 5.14. The molecule has 0 aliphatic heterocycles. The molecule has 1 aliphatic rings. The first-order valence-corrected chi connectivity index (χ1v) is 5.93. The van der Waals surface area contributed by atoms with Crippen LogP contribution in [-0.2, 0) is 12.1 Å². The van der Waals surface area contributed by atoms with E-state index in [1.807, 2.05) is 10.7 Å². The Kier molecular flexibility index (Phi) is 2.83. The standard InChI is InChI=1S/C12H20N2O/c1-3-14-11(7-9-13-14)12(15)8-5-4-6-10(12)2/h7,9-10,15H,3-6,8H2,1-2H3. The Morgan fingerprint density at radius 1 is 1.60 bits per heavy atom. The predicted molar refractivity (Wildman–Crippen MR) is 59.4 cm³/mol. The summed E-state index contributed by atoms with van der Waals surface area (Å²) in [4.78, 5) is 0. The van der Waals surface area contributed by atoms with Crippen molar-refractivity contribution in [2.75, 3.05) is 0 Å². The van der Waals surface area contributed by atoms with E-state index < -0.39 is 5.60 Å². The minimum absolute atomic E-state index is 0.341. The molecule has 0 saturated heterocycles. The van der Waals surface area contributed by atoms with Gasteiger partial charge in [0, 0.05) is 12.7 Å². The molecule has 0 bridgehead atoms. The summed E-state index contributed by atoms with van der Waals surface area (Å²) in [7, 11) is 0. The molecule has 1 heterocycles. The van der Waals surface area contributed by atoms with Crippen molar-refractivity contribution >= 4 is 0 Å². The molecule has 3 heteroatoms. The fraction of sp³-hybridized carbons (Fsp3) is 0.750. The van der Waals surface area contributed by atoms with Crippen molar-refractivity contribution < 1.29 is 5.11 Å². The molecule has 3 nitrogen and oxygen atoms in total. The lowest BCUT2D eigenvalue weighted by Gasteiger charge is -2.38. The van der Waals surface area contributed by atoms with Crippen LogP contribution in [-0.4, -0.2) is 14.9 Å². The maximum atomic E-state index is 10.8. The zero-order valence-electron chi connectivity index (χ0n) is 9.61. The molecule has 2 rings (SSSR count). The summed E-state index contributed by atoms with van der Waals surface area (Å²) in [6, 6.07) is 1.96. The van der Waals surface area contributed by atoms with Crippen molar-refractivity contribution in [1.29, 1.82) is 0 Å². The maximum Gasteiger partial charge on any atom is 0.109 e. The zero-order chi connectivity index (χ0) is 10.9. The third-order valence-electron chi connectivity index (χ3n) is 3.72. The van der Waals surface area contributed by atoms with E-state index in [4.69, 9.17) is 0 Å². The number of aryl methyl sites for hydroxylation is 1. The Morgan fingerprint density at radius 3 is 3.07 bits per heavy atom. The summed E-state index contributed by atoms with van der Waals surface area (Å²) in [5.74, 6) is 0.341. The van der Waals surface area contributed by atoms with Crippen LogP contribution in [0.25, 0.3) is 0 Å². The van der Waals surface area contributed by atoms with Crippen LogP contribution in [0.15, 0.2) is 12.3 Å². The van der Waals surface area contributed by atoms with E-state index in [2.05, 4.69) is 18.9 Å². The number of nitrogens with zero attached hydrogens (tertiary/aromatic N) is 2. The number of hydrogen-bond donors (Lipinski definition) is 1. The van der Waals surface area contributed by atoms with E-state index in [1.165, 1.54) is 6.42 Å². The molecule has 1 aliphatic carbocycles. The Balaban J connectivity index is 2.34. The zero-order valence-corrected chi connectivity index (χ0v) is 9.61. The van der Waals surface area contributed by atoms with Crippen molar-refractivity contribution in [2.24, 2.45) is 5.92 Å². The van der Waals surface area contributed by atoms with Gasteiger partial charge in [0.2, 0.25) is 0 Å². The van der Waals surface area contributed by atoms with Crippen LogP contribution in [0.1, 0.15) is 45.2 Å². The van der Waals surface area contributed by atoms with Gasteiger partial charge < -0.3 is 5.11 Å². The quantitative estimate of drug-likeness (QED) is 0.809. The van der Waals surface area contributed by atoms with Crippen LogP contribution >= 0.6 is 0 Å². The van der Waals surface area contributed by atoms with Crippen LogP contribution < -0.4 is 0 Å². The maximum absolute atomic E-state index is 10.8. The van der Waals surface area contributed by atoms with Gasteiger partial charge in [0.1, 0.15) is 5.60 Å². The normalized spacial score (nSPS) is 31.8. The molecule has 2 unspecified atom stereocenters. The molecule has 1 aromatic heterocycles. The summed E-state index contributed by atoms with van der Waals surface area (Å²) < 4.78 is 1.92. The minimum Gasteiger partial charge on any atom is -0.383 e. The van der Waals surface area contributed by atoms with Gasteiger partial charge in [-0.15, -0.1) is 0 Å². The first kappa shape index (κ1) is 10.7. The van der Waals surface area contributed by atoms with Gasteiger partial charge in [0.25, 0.3) is 0 Å². The molecule has 1 aromatic rings. The third-order valence-corrected chi connectivity index (χ3v) is 3.72. The highest BCUT2D eigenvalue weighted by atomic mass is 16.3. The number of aliphatic hydroxyl groups is 1. The summed E-state index contributed by atoms with van der Waals surface area (Å²) in [5.41, 5.74) is 0.349. The lowest BCUT2D eigenvalue weighted by atomic mass is 9.74. The van der Waals surface area contributed by atoms with Crippen molar-refractivity contribution in [3.8, 4) is 0 Å². The molecule has 84 valence electrons. The molecular formula is C12H20N2O. The average molecular weight is 208 g/mol. The topological polar surface area (TPSA) is 38.0 Å². The Morgan fingerprint density at radius 2 is 2.40 bits per heavy atom. The molecule has 15 heavy (non-hydrogen) atoms. The first-order chi connectivity index (χ1) is 7.18. The summed E-state index contributed by atoms with van der Waals surface area (Å²) >= 11 is 0. The largest absolute Gasteiger partial charge is 0.383 e. The number of aromatic nitrogens is 2. The molecule has 0 radical (unpaired) electrons. The van der Waals surface area contributed by atoms with E-state index in [9.17, 15) is 5.11 Å². The lowest BCUT2D eigenvalue weighted by Crippen LogP contribution is -2.38. The Labute approximate surface area is 91.1 Å². The van der Waals surface area contributed by atoms with Crippen LogP contribution in [0.2, 0.25) is 0 Å². The van der Waals surface area contributed by atoms with E-state index >= 15 is 0 Å². The monoisotopic (exact) mass is 208 g/mol. The van der Waals surface area contributed by atoms with Gasteiger partial charge in [0.05, 0.1) is 5.69 Å². The van der Waals surface area contributed by atoms with Crippen LogP contribution in [0.5, 0.6) is 0 Å². The molecule has 0 aromatic carbocycles. The molecular weight excluding hydrogens is 188 g/mol. The average Bonchev–Trinajstić information content (AvgIpc) is 2.71. The van der Waals surface area contributed by atoms with Gasteiger partial charge in [-0.1, -0.05) is 19.8 Å². The van der Waals surface area contributed by atoms with E-state index in [-0.39, 0.29) is 0 Å². The van der Waals surface area contributed by atoms with Crippen molar-refractivity contribution in [2.45, 2.75) is 51.7 Å². The van der Waals surface area contributed by atoms with E-state index in [0.29, 0.717) is 5.92 Å². The highest BCUT2D eigenvalue weighted by Crippen LogP contribution is 2.41. The molecule has 0 spiro atoms. The molecule has 1 N–H and O–H groups in total. The van der Waals surface area contributed by atoms with Gasteiger partial charge in [-0.2, -0.15) is 5.10 Å². The van der Waals surface area contributed by atoms with Crippen LogP contribution in [0.3, 0.4) is 0 Å². The van der Waals surface area contributed by atoms with E-state index in [0.717, 1.165) is 31.5 Å². The summed E-state index contributed by atoms with van der Waals surface area (Å²) in [6.45, 7) is 5.04. The van der Waals surface area contributed by atoms with Gasteiger partial charge >= 0.3 is 0 Å². The highest BCUT2D eigenvalue weighted by Gasteiger charge is 2.39. The second-order valence-corrected chi connectivity index (χ2v) is 4.60. The second kappa shape index (κ2) is 3.97. The first-order valence-electron chi connectivity index (χ1n) is 5.93. The molecule has 0 amide bonds. The SMILES string of the molecule is CCn1nccc1C1(O)CCCCC1C. The molecule has 1 fully saturated rings. The van der Waals surface area contributed by atoms with Gasteiger partial charge in [-0.05, 0) is 31.7 Å². The van der Waals surface area contributed by atoms with Crippen molar-refractivity contribution in [3.63, 3.8) is 0 Å². The van der Waals surface area contributed by atoms with Gasteiger partial charge in [0.15, 0.2) is 0 Å². The summed E-state index contributed by atoms with van der Waals surface area (Å²) in [5, 5.41) is 15.0.